The van der Waals surface area contributed by atoms with Gasteiger partial charge in [0.25, 0.3) is 5.91 Å². The summed E-state index contributed by atoms with van der Waals surface area (Å²) < 4.78 is 17.0. The predicted molar refractivity (Wildman–Crippen MR) is 120 cm³/mol. The van der Waals surface area contributed by atoms with E-state index in [0.29, 0.717) is 27.1 Å². The molecule has 0 aliphatic carbocycles. The molecule has 1 amide bonds. The Hall–Kier alpha value is -3.49. The minimum atomic E-state index is -0.751. The predicted octanol–water partition coefficient (Wildman–Crippen LogP) is 4.48. The van der Waals surface area contributed by atoms with Crippen molar-refractivity contribution in [3.63, 3.8) is 0 Å². The number of aryl methyl sites for hydroxylation is 1. The maximum atomic E-state index is 14.2. The van der Waals surface area contributed by atoms with E-state index < -0.39 is 17.2 Å². The summed E-state index contributed by atoms with van der Waals surface area (Å²) in [5.41, 5.74) is 0.245. The molecule has 0 saturated carbocycles. The van der Waals surface area contributed by atoms with Gasteiger partial charge in [-0.2, -0.15) is 10.2 Å². The summed E-state index contributed by atoms with van der Waals surface area (Å²) in [5, 5.41) is 11.7. The van der Waals surface area contributed by atoms with Crippen molar-refractivity contribution in [2.24, 2.45) is 0 Å². The van der Waals surface area contributed by atoms with E-state index in [1.807, 2.05) is 0 Å². The van der Waals surface area contributed by atoms with Gasteiger partial charge in [-0.1, -0.05) is 47.5 Å². The Balaban J connectivity index is 1.64. The number of amides is 1. The van der Waals surface area contributed by atoms with E-state index >= 15 is 0 Å². The smallest absolute Gasteiger partial charge is 0.281 e. The number of benzene rings is 2. The first-order valence-electron chi connectivity index (χ1n) is 9.47. The second kappa shape index (κ2) is 8.94. The summed E-state index contributed by atoms with van der Waals surface area (Å²) >= 11 is 12.3. The molecule has 4 rings (SSSR count). The van der Waals surface area contributed by atoms with Crippen molar-refractivity contribution >= 4 is 34.9 Å². The highest BCUT2D eigenvalue weighted by Crippen LogP contribution is 2.26. The van der Waals surface area contributed by atoms with Crippen LogP contribution in [0.15, 0.2) is 65.6 Å². The number of hydrogen-bond donors (Lipinski definition) is 1. The van der Waals surface area contributed by atoms with Gasteiger partial charge in [-0.25, -0.2) is 13.8 Å². The van der Waals surface area contributed by atoms with Crippen molar-refractivity contribution in [1.29, 1.82) is 0 Å². The average Bonchev–Trinajstić information content (AvgIpc) is 3.18. The molecular formula is C22H16Cl2FN5O2. The molecule has 2 aromatic heterocycles. The van der Waals surface area contributed by atoms with Gasteiger partial charge in [0.15, 0.2) is 5.69 Å². The summed E-state index contributed by atoms with van der Waals surface area (Å²) in [6.45, 7) is 1.84. The summed E-state index contributed by atoms with van der Waals surface area (Å²) in [6, 6.07) is 14.0. The van der Waals surface area contributed by atoms with E-state index in [1.54, 1.807) is 37.3 Å². The number of anilines is 1. The number of aromatic nitrogens is 4. The molecule has 0 spiro atoms. The molecule has 0 aliphatic rings. The molecule has 32 heavy (non-hydrogen) atoms. The summed E-state index contributed by atoms with van der Waals surface area (Å²) in [7, 11) is 0. The lowest BCUT2D eigenvalue weighted by molar-refractivity contribution is 0.101. The number of halogens is 3. The van der Waals surface area contributed by atoms with Gasteiger partial charge in [-0.15, -0.1) is 0 Å². The Labute approximate surface area is 192 Å². The molecule has 0 radical (unpaired) electrons. The van der Waals surface area contributed by atoms with Crippen LogP contribution in [0.25, 0.3) is 5.69 Å². The molecule has 2 heterocycles. The third-order valence-electron chi connectivity index (χ3n) is 4.71. The van der Waals surface area contributed by atoms with Gasteiger partial charge in [-0.05, 0) is 30.7 Å². The van der Waals surface area contributed by atoms with Crippen molar-refractivity contribution in [2.75, 3.05) is 5.32 Å². The molecule has 0 unspecified atom stereocenters. The van der Waals surface area contributed by atoms with E-state index in [9.17, 15) is 14.0 Å². The van der Waals surface area contributed by atoms with Crippen LogP contribution in [0.5, 0.6) is 0 Å². The maximum absolute atomic E-state index is 14.2. The molecule has 0 atom stereocenters. The van der Waals surface area contributed by atoms with Crippen molar-refractivity contribution in [2.45, 2.75) is 13.5 Å². The van der Waals surface area contributed by atoms with Crippen LogP contribution in [-0.2, 0) is 6.54 Å². The van der Waals surface area contributed by atoms with Crippen molar-refractivity contribution in [3.05, 3.63) is 104 Å². The highest BCUT2D eigenvalue weighted by atomic mass is 35.5. The molecule has 162 valence electrons. The molecule has 0 aliphatic heterocycles. The van der Waals surface area contributed by atoms with E-state index in [2.05, 4.69) is 15.5 Å². The number of nitrogens with one attached hydrogen (secondary N) is 1. The first-order valence-corrected chi connectivity index (χ1v) is 10.2. The minimum Gasteiger partial charge on any atom is -0.305 e. The Bertz CT molecular complexity index is 1380. The maximum Gasteiger partial charge on any atom is 0.281 e. The van der Waals surface area contributed by atoms with Gasteiger partial charge in [0.2, 0.25) is 5.43 Å². The molecule has 0 saturated heterocycles. The fourth-order valence-corrected chi connectivity index (χ4v) is 3.52. The third kappa shape index (κ3) is 4.28. The average molecular weight is 472 g/mol. The van der Waals surface area contributed by atoms with E-state index in [4.69, 9.17) is 23.2 Å². The molecule has 1 N–H and O–H groups in total. The monoisotopic (exact) mass is 471 g/mol. The lowest BCUT2D eigenvalue weighted by atomic mass is 10.2. The van der Waals surface area contributed by atoms with Crippen molar-refractivity contribution < 1.29 is 9.18 Å². The standard InChI is InChI=1S/C22H16Cl2FN5O2/c1-13-11-18(31)21(28-30(13)17-8-3-2-7-16(17)25)22(32)27-19-9-10-26-29(19)12-14-5-4-6-15(23)20(14)24/h2-11H,12H2,1H3,(H,27,32). The molecule has 2 aromatic carbocycles. The lowest BCUT2D eigenvalue weighted by Gasteiger charge is -2.13. The molecule has 7 nitrogen and oxygen atoms in total. The van der Waals surface area contributed by atoms with Crippen molar-refractivity contribution in [3.8, 4) is 5.69 Å². The van der Waals surface area contributed by atoms with Crippen LogP contribution in [0, 0.1) is 12.7 Å². The van der Waals surface area contributed by atoms with Crippen LogP contribution in [0.3, 0.4) is 0 Å². The second-order valence-electron chi connectivity index (χ2n) is 6.90. The molecular weight excluding hydrogens is 456 g/mol. The topological polar surface area (TPSA) is 81.8 Å². The second-order valence-corrected chi connectivity index (χ2v) is 7.69. The largest absolute Gasteiger partial charge is 0.305 e. The SMILES string of the molecule is Cc1cc(=O)c(C(=O)Nc2ccnn2Cc2cccc(Cl)c2Cl)nn1-c1ccccc1F. The first kappa shape index (κ1) is 21.7. The summed E-state index contributed by atoms with van der Waals surface area (Å²) in [6.07, 6.45) is 1.49. The van der Waals surface area contributed by atoms with E-state index in [1.165, 1.54) is 39.8 Å². The number of rotatable bonds is 5. The number of para-hydroxylation sites is 1. The molecule has 10 heteroatoms. The van der Waals surface area contributed by atoms with Crippen molar-refractivity contribution in [1.82, 2.24) is 19.6 Å². The highest BCUT2D eigenvalue weighted by Gasteiger charge is 2.18. The lowest BCUT2D eigenvalue weighted by Crippen LogP contribution is -2.28. The highest BCUT2D eigenvalue weighted by molar-refractivity contribution is 6.42. The minimum absolute atomic E-state index is 0.125. The number of nitrogens with zero attached hydrogens (tertiary/aromatic N) is 4. The summed E-state index contributed by atoms with van der Waals surface area (Å²) in [5.74, 6) is -0.959. The molecule has 0 fully saturated rings. The fraction of sp³-hybridized carbons (Fsp3) is 0.0909. The van der Waals surface area contributed by atoms with Gasteiger partial charge < -0.3 is 5.32 Å². The normalized spacial score (nSPS) is 10.9. The number of carbonyl (C=O) groups excluding carboxylic acids is 1. The zero-order valence-corrected chi connectivity index (χ0v) is 18.2. The quantitative estimate of drug-likeness (QED) is 0.465. The molecule has 0 bridgehead atoms. The fourth-order valence-electron chi connectivity index (χ4n) is 3.14. The first-order chi connectivity index (χ1) is 15.3. The van der Waals surface area contributed by atoms with E-state index in [0.717, 1.165) is 0 Å². The zero-order valence-electron chi connectivity index (χ0n) is 16.7. The Morgan fingerprint density at radius 3 is 2.69 bits per heavy atom. The van der Waals surface area contributed by atoms with Crippen LogP contribution in [-0.4, -0.2) is 25.5 Å². The van der Waals surface area contributed by atoms with Gasteiger partial charge in [0, 0.05) is 17.8 Å². The number of carbonyl (C=O) groups is 1. The van der Waals surface area contributed by atoms with Crippen LogP contribution in [0.1, 0.15) is 21.7 Å². The molecule has 4 aromatic rings. The summed E-state index contributed by atoms with van der Waals surface area (Å²) in [4.78, 5) is 25.3. The van der Waals surface area contributed by atoms with Gasteiger partial charge in [0.1, 0.15) is 17.3 Å². The van der Waals surface area contributed by atoms with Crippen LogP contribution >= 0.6 is 23.2 Å². The van der Waals surface area contributed by atoms with Gasteiger partial charge in [0.05, 0.1) is 22.8 Å². The Morgan fingerprint density at radius 1 is 1.12 bits per heavy atom. The zero-order chi connectivity index (χ0) is 22.8. The van der Waals surface area contributed by atoms with Crippen LogP contribution < -0.4 is 10.7 Å². The van der Waals surface area contributed by atoms with Crippen LogP contribution in [0.4, 0.5) is 10.2 Å². The Kier molecular flexibility index (Phi) is 6.07. The van der Waals surface area contributed by atoms with Gasteiger partial charge in [-0.3, -0.25) is 9.59 Å². The number of hydrogen-bond acceptors (Lipinski definition) is 4. The third-order valence-corrected chi connectivity index (χ3v) is 5.57. The Morgan fingerprint density at radius 2 is 1.91 bits per heavy atom. The van der Waals surface area contributed by atoms with Crippen LogP contribution in [0.2, 0.25) is 10.0 Å². The van der Waals surface area contributed by atoms with E-state index in [-0.39, 0.29) is 17.9 Å². The van der Waals surface area contributed by atoms with Gasteiger partial charge >= 0.3 is 0 Å².